The van der Waals surface area contributed by atoms with Crippen LogP contribution >= 0.6 is 34.8 Å². The molecular weight excluding hydrogens is 355 g/mol. The summed E-state index contributed by atoms with van der Waals surface area (Å²) in [7, 11) is 1.32. The highest BCUT2D eigenvalue weighted by molar-refractivity contribution is 6.68. The van der Waals surface area contributed by atoms with E-state index in [1.165, 1.54) is 14.0 Å². The van der Waals surface area contributed by atoms with Gasteiger partial charge >= 0.3 is 0 Å². The summed E-state index contributed by atoms with van der Waals surface area (Å²) in [5.74, 6) is -0.674. The Morgan fingerprint density at radius 2 is 2.05 bits per heavy atom. The molecule has 0 radical (unpaired) electrons. The van der Waals surface area contributed by atoms with Gasteiger partial charge in [0.1, 0.15) is 5.75 Å². The fraction of sp³-hybridized carbons (Fsp3) is 0.385. The molecule has 1 N–H and O–H groups in total. The lowest BCUT2D eigenvalue weighted by Gasteiger charge is -2.40. The summed E-state index contributed by atoms with van der Waals surface area (Å²) in [6.45, 7) is 1.26. The Morgan fingerprint density at radius 1 is 1.41 bits per heavy atom. The average Bonchev–Trinajstić information content (AvgIpc) is 2.43. The van der Waals surface area contributed by atoms with Crippen LogP contribution in [0.5, 0.6) is 5.75 Å². The van der Waals surface area contributed by atoms with Crippen LogP contribution in [-0.2, 0) is 14.3 Å². The third-order valence-electron chi connectivity index (χ3n) is 2.92. The smallest absolute Gasteiger partial charge is 0.298 e. The van der Waals surface area contributed by atoms with Gasteiger partial charge in [-0.2, -0.15) is 0 Å². The van der Waals surface area contributed by atoms with E-state index in [-0.39, 0.29) is 0 Å². The van der Waals surface area contributed by atoms with E-state index in [1.807, 2.05) is 0 Å². The fourth-order valence-corrected chi connectivity index (χ4v) is 2.51. The number of nitrogens with zero attached hydrogens (tertiary/aromatic N) is 1. The number of anilines is 1. The SMILES string of the molecule is CO[C@H]1Oc2ccccc2N([C@H](NC(C)=O)C(Cl)(Cl)Cl)C1=O. The minimum atomic E-state index is -1.95. The number of alkyl halides is 3. The second-order valence-corrected chi connectivity index (χ2v) is 6.88. The number of ether oxygens (including phenoxy) is 2. The molecule has 22 heavy (non-hydrogen) atoms. The number of benzene rings is 1. The summed E-state index contributed by atoms with van der Waals surface area (Å²) >= 11 is 17.8. The number of amides is 2. The molecule has 0 unspecified atom stereocenters. The molecule has 1 aliphatic rings. The standard InChI is InChI=1S/C13H13Cl3N2O4/c1-7(19)17-12(13(14,15)16)18-8-5-3-4-6-9(8)22-11(21-2)10(18)20/h3-6,11-12H,1-2H3,(H,17,19)/t11-,12-/m0/s1. The highest BCUT2D eigenvalue weighted by Gasteiger charge is 2.46. The van der Waals surface area contributed by atoms with Gasteiger partial charge in [-0.3, -0.25) is 14.5 Å². The highest BCUT2D eigenvalue weighted by atomic mass is 35.6. The van der Waals surface area contributed by atoms with Gasteiger partial charge in [-0.15, -0.1) is 0 Å². The van der Waals surface area contributed by atoms with Crippen LogP contribution in [0.15, 0.2) is 24.3 Å². The molecule has 1 aromatic carbocycles. The predicted molar refractivity (Wildman–Crippen MR) is 83.2 cm³/mol. The van der Waals surface area contributed by atoms with Crippen molar-refractivity contribution in [2.75, 3.05) is 12.0 Å². The number of carbonyl (C=O) groups is 2. The van der Waals surface area contributed by atoms with E-state index in [2.05, 4.69) is 5.32 Å². The molecule has 1 aromatic rings. The number of hydrogen-bond donors (Lipinski definition) is 1. The number of nitrogens with one attached hydrogen (secondary N) is 1. The second-order valence-electron chi connectivity index (χ2n) is 4.51. The lowest BCUT2D eigenvalue weighted by molar-refractivity contribution is -0.147. The van der Waals surface area contributed by atoms with Gasteiger partial charge in [0.05, 0.1) is 5.69 Å². The van der Waals surface area contributed by atoms with Crippen molar-refractivity contribution in [2.45, 2.75) is 23.2 Å². The van der Waals surface area contributed by atoms with Crippen molar-refractivity contribution in [1.82, 2.24) is 5.32 Å². The number of fused-ring (bicyclic) bond motifs is 1. The van der Waals surface area contributed by atoms with E-state index in [0.29, 0.717) is 11.4 Å². The highest BCUT2D eigenvalue weighted by Crippen LogP contribution is 2.40. The predicted octanol–water partition coefficient (Wildman–Crippen LogP) is 2.22. The maximum atomic E-state index is 12.5. The van der Waals surface area contributed by atoms with Gasteiger partial charge in [0, 0.05) is 14.0 Å². The third-order valence-corrected chi connectivity index (χ3v) is 3.54. The summed E-state index contributed by atoms with van der Waals surface area (Å²) in [6, 6.07) is 6.68. The van der Waals surface area contributed by atoms with Crippen molar-refractivity contribution in [3.05, 3.63) is 24.3 Å². The van der Waals surface area contributed by atoms with Crippen LogP contribution in [0.4, 0.5) is 5.69 Å². The molecule has 2 amide bonds. The van der Waals surface area contributed by atoms with Gasteiger partial charge < -0.3 is 14.8 Å². The van der Waals surface area contributed by atoms with Crippen molar-refractivity contribution >= 4 is 52.3 Å². The van der Waals surface area contributed by atoms with Gasteiger partial charge in [0.2, 0.25) is 9.70 Å². The van der Waals surface area contributed by atoms with Gasteiger partial charge in [-0.05, 0) is 12.1 Å². The molecule has 0 saturated heterocycles. The normalized spacial score (nSPS) is 19.2. The number of hydrogen-bond acceptors (Lipinski definition) is 4. The molecule has 0 bridgehead atoms. The zero-order chi connectivity index (χ0) is 16.5. The topological polar surface area (TPSA) is 67.9 Å². The molecule has 2 rings (SSSR count). The minimum Gasteiger partial charge on any atom is -0.453 e. The number of carbonyl (C=O) groups excluding carboxylic acids is 2. The second kappa shape index (κ2) is 6.50. The van der Waals surface area contributed by atoms with Crippen LogP contribution in [-0.4, -0.2) is 35.2 Å². The summed E-state index contributed by atoms with van der Waals surface area (Å²) in [5, 5.41) is 2.46. The maximum Gasteiger partial charge on any atom is 0.298 e. The van der Waals surface area contributed by atoms with E-state index in [0.717, 1.165) is 4.90 Å². The number of methoxy groups -OCH3 is 1. The first-order valence-electron chi connectivity index (χ1n) is 6.21. The number of halogens is 3. The first-order chi connectivity index (χ1) is 10.3. The van der Waals surface area contributed by atoms with Crippen molar-refractivity contribution in [2.24, 2.45) is 0 Å². The molecule has 2 atom stereocenters. The zero-order valence-electron chi connectivity index (χ0n) is 11.7. The first-order valence-corrected chi connectivity index (χ1v) is 7.34. The third kappa shape index (κ3) is 3.41. The van der Waals surface area contributed by atoms with E-state index in [9.17, 15) is 9.59 Å². The molecular formula is C13H13Cl3N2O4. The Labute approximate surface area is 142 Å². The lowest BCUT2D eigenvalue weighted by atomic mass is 10.2. The molecule has 120 valence electrons. The van der Waals surface area contributed by atoms with Crippen molar-refractivity contribution in [3.63, 3.8) is 0 Å². The van der Waals surface area contributed by atoms with Crippen LogP contribution < -0.4 is 15.0 Å². The maximum absolute atomic E-state index is 12.5. The van der Waals surface area contributed by atoms with Gasteiger partial charge in [0.25, 0.3) is 12.2 Å². The fourth-order valence-electron chi connectivity index (χ4n) is 2.05. The molecule has 0 aromatic heterocycles. The van der Waals surface area contributed by atoms with E-state index in [1.54, 1.807) is 24.3 Å². The summed E-state index contributed by atoms with van der Waals surface area (Å²) in [5.41, 5.74) is 0.367. The van der Waals surface area contributed by atoms with E-state index in [4.69, 9.17) is 44.3 Å². The molecule has 0 aliphatic carbocycles. The monoisotopic (exact) mass is 366 g/mol. The number of rotatable bonds is 3. The first kappa shape index (κ1) is 17.1. The zero-order valence-corrected chi connectivity index (χ0v) is 13.9. The van der Waals surface area contributed by atoms with Gasteiger partial charge in [-0.25, -0.2) is 0 Å². The van der Waals surface area contributed by atoms with Gasteiger partial charge in [0.15, 0.2) is 6.17 Å². The Hall–Kier alpha value is -1.21. The summed E-state index contributed by atoms with van der Waals surface area (Å²) < 4.78 is 8.48. The van der Waals surface area contributed by atoms with Crippen LogP contribution in [0.25, 0.3) is 0 Å². The van der Waals surface area contributed by atoms with Crippen LogP contribution in [0.1, 0.15) is 6.92 Å². The quantitative estimate of drug-likeness (QED) is 0.832. The Balaban J connectivity index is 2.53. The van der Waals surface area contributed by atoms with E-state index >= 15 is 0 Å². The Kier molecular flexibility index (Phi) is 5.07. The van der Waals surface area contributed by atoms with Crippen molar-refractivity contribution < 1.29 is 19.1 Å². The molecule has 0 fully saturated rings. The Morgan fingerprint density at radius 3 is 2.59 bits per heavy atom. The molecule has 0 saturated carbocycles. The van der Waals surface area contributed by atoms with Crippen LogP contribution in [0.3, 0.4) is 0 Å². The lowest BCUT2D eigenvalue weighted by Crippen LogP contribution is -2.61. The molecule has 9 heteroatoms. The van der Waals surface area contributed by atoms with Crippen LogP contribution in [0, 0.1) is 0 Å². The molecule has 1 aliphatic heterocycles. The largest absolute Gasteiger partial charge is 0.453 e. The number of para-hydroxylation sites is 2. The van der Waals surface area contributed by atoms with Crippen LogP contribution in [0.2, 0.25) is 0 Å². The van der Waals surface area contributed by atoms with E-state index < -0.39 is 28.1 Å². The van der Waals surface area contributed by atoms with Crippen molar-refractivity contribution in [3.8, 4) is 5.75 Å². The van der Waals surface area contributed by atoms with Crippen molar-refractivity contribution in [1.29, 1.82) is 0 Å². The average molecular weight is 368 g/mol. The summed E-state index contributed by atoms with van der Waals surface area (Å²) in [4.78, 5) is 25.1. The Bertz CT molecular complexity index is 591. The van der Waals surface area contributed by atoms with Gasteiger partial charge in [-0.1, -0.05) is 46.9 Å². The minimum absolute atomic E-state index is 0.367. The summed E-state index contributed by atoms with van der Waals surface area (Å²) in [6.07, 6.45) is -2.41. The molecule has 6 nitrogen and oxygen atoms in total. The molecule has 0 spiro atoms. The molecule has 1 heterocycles.